The maximum atomic E-state index is 12.4. The smallest absolute Gasteiger partial charge is 0.237 e. The number of benzene rings is 2. The first-order chi connectivity index (χ1) is 13.6. The lowest BCUT2D eigenvalue weighted by molar-refractivity contribution is -0.125. The number of amides is 1. The summed E-state index contributed by atoms with van der Waals surface area (Å²) in [5, 5.41) is 6.60. The van der Waals surface area contributed by atoms with E-state index in [1.165, 1.54) is 5.56 Å². The zero-order valence-corrected chi connectivity index (χ0v) is 17.0. The molecule has 0 saturated carbocycles. The minimum absolute atomic E-state index is 0.0507. The lowest BCUT2D eigenvalue weighted by Gasteiger charge is -2.27. The van der Waals surface area contributed by atoms with E-state index in [1.54, 1.807) is 0 Å². The van der Waals surface area contributed by atoms with Crippen molar-refractivity contribution >= 4 is 5.91 Å². The van der Waals surface area contributed by atoms with Crippen molar-refractivity contribution in [2.45, 2.75) is 51.9 Å². The average Bonchev–Trinajstić information content (AvgIpc) is 3.13. The van der Waals surface area contributed by atoms with Crippen molar-refractivity contribution in [1.82, 2.24) is 15.5 Å². The van der Waals surface area contributed by atoms with Crippen LogP contribution in [0.15, 0.2) is 54.6 Å². The summed E-state index contributed by atoms with van der Waals surface area (Å²) in [6.07, 6.45) is 0.838. The molecule has 150 valence electrons. The number of carbonyl (C=O) groups excluding carboxylic acids is 1. The Balaban J connectivity index is 1.58. The van der Waals surface area contributed by atoms with Gasteiger partial charge in [-0.1, -0.05) is 30.3 Å². The van der Waals surface area contributed by atoms with Crippen molar-refractivity contribution in [2.24, 2.45) is 0 Å². The molecule has 2 atom stereocenters. The van der Waals surface area contributed by atoms with Crippen molar-refractivity contribution in [3.05, 3.63) is 60.2 Å². The largest absolute Gasteiger partial charge is 0.457 e. The molecule has 28 heavy (non-hydrogen) atoms. The van der Waals surface area contributed by atoms with E-state index >= 15 is 0 Å². The van der Waals surface area contributed by atoms with E-state index in [4.69, 9.17) is 4.74 Å². The van der Waals surface area contributed by atoms with E-state index in [0.717, 1.165) is 31.0 Å². The second-order valence-corrected chi connectivity index (χ2v) is 7.58. The lowest BCUT2D eigenvalue weighted by atomic mass is 10.1. The maximum absolute atomic E-state index is 12.4. The fourth-order valence-electron chi connectivity index (χ4n) is 3.74. The third-order valence-electron chi connectivity index (χ3n) is 5.13. The standard InChI is InChI=1S/C23H31N3O2/c1-4-24-23(27)22-14-19(16-26(22)17(2)3)25-15-18-9-8-12-21(13-18)28-20-10-6-5-7-11-20/h5-13,17,19,22,25H,4,14-16H2,1-3H3,(H,24,27)/t19-,22-/m0/s1. The van der Waals surface area contributed by atoms with E-state index in [2.05, 4.69) is 41.5 Å². The van der Waals surface area contributed by atoms with Crippen molar-refractivity contribution in [2.75, 3.05) is 13.1 Å². The molecule has 0 unspecified atom stereocenters. The summed E-state index contributed by atoms with van der Waals surface area (Å²) in [7, 11) is 0. The van der Waals surface area contributed by atoms with Crippen LogP contribution in [0.2, 0.25) is 0 Å². The number of likely N-dealkylation sites (N-methyl/N-ethyl adjacent to an activating group) is 1. The quantitative estimate of drug-likeness (QED) is 0.734. The van der Waals surface area contributed by atoms with Gasteiger partial charge in [0.05, 0.1) is 6.04 Å². The predicted molar refractivity (Wildman–Crippen MR) is 113 cm³/mol. The van der Waals surface area contributed by atoms with Gasteiger partial charge in [0, 0.05) is 31.7 Å². The molecule has 1 saturated heterocycles. The molecule has 1 amide bonds. The zero-order valence-electron chi connectivity index (χ0n) is 17.0. The average molecular weight is 382 g/mol. The van der Waals surface area contributed by atoms with Gasteiger partial charge in [-0.05, 0) is 57.0 Å². The molecule has 5 heteroatoms. The van der Waals surface area contributed by atoms with Gasteiger partial charge in [-0.2, -0.15) is 0 Å². The minimum atomic E-state index is -0.0507. The Kier molecular flexibility index (Phi) is 7.06. The van der Waals surface area contributed by atoms with Crippen molar-refractivity contribution in [3.63, 3.8) is 0 Å². The van der Waals surface area contributed by atoms with Gasteiger partial charge in [0.25, 0.3) is 0 Å². The Bertz CT molecular complexity index is 763. The number of para-hydroxylation sites is 1. The Hall–Kier alpha value is -2.37. The number of hydrogen-bond donors (Lipinski definition) is 2. The van der Waals surface area contributed by atoms with E-state index in [9.17, 15) is 4.79 Å². The van der Waals surface area contributed by atoms with Gasteiger partial charge >= 0.3 is 0 Å². The summed E-state index contributed by atoms with van der Waals surface area (Å²) < 4.78 is 5.93. The SMILES string of the molecule is CCNC(=O)[C@@H]1C[C@H](NCc2cccc(Oc3ccccc3)c2)CN1C(C)C. The van der Waals surface area contributed by atoms with E-state index in [1.807, 2.05) is 49.4 Å². The fourth-order valence-corrected chi connectivity index (χ4v) is 3.74. The Morgan fingerprint density at radius 3 is 2.61 bits per heavy atom. The van der Waals surface area contributed by atoms with Crippen LogP contribution in [0.4, 0.5) is 0 Å². The molecule has 1 aliphatic heterocycles. The van der Waals surface area contributed by atoms with Gasteiger partial charge in [-0.25, -0.2) is 0 Å². The van der Waals surface area contributed by atoms with Crippen LogP contribution in [-0.4, -0.2) is 42.0 Å². The highest BCUT2D eigenvalue weighted by molar-refractivity contribution is 5.82. The molecule has 2 aromatic rings. The third-order valence-corrected chi connectivity index (χ3v) is 5.13. The molecule has 5 nitrogen and oxygen atoms in total. The number of hydrogen-bond acceptors (Lipinski definition) is 4. The van der Waals surface area contributed by atoms with Crippen molar-refractivity contribution in [1.29, 1.82) is 0 Å². The first kappa shape index (κ1) is 20.4. The molecule has 1 fully saturated rings. The lowest BCUT2D eigenvalue weighted by Crippen LogP contribution is -2.46. The highest BCUT2D eigenvalue weighted by Crippen LogP contribution is 2.23. The second kappa shape index (κ2) is 9.71. The number of nitrogens with one attached hydrogen (secondary N) is 2. The summed E-state index contributed by atoms with van der Waals surface area (Å²) in [4.78, 5) is 14.7. The fraction of sp³-hybridized carbons (Fsp3) is 0.435. The van der Waals surface area contributed by atoms with E-state index in [0.29, 0.717) is 18.6 Å². The normalized spacial score (nSPS) is 19.7. The second-order valence-electron chi connectivity index (χ2n) is 7.58. The molecule has 1 heterocycles. The summed E-state index contributed by atoms with van der Waals surface area (Å²) >= 11 is 0. The minimum Gasteiger partial charge on any atom is -0.457 e. The topological polar surface area (TPSA) is 53.6 Å². The van der Waals surface area contributed by atoms with Crippen LogP contribution in [0, 0.1) is 0 Å². The number of carbonyl (C=O) groups is 1. The third kappa shape index (κ3) is 5.33. The summed E-state index contributed by atoms with van der Waals surface area (Å²) in [5.41, 5.74) is 1.17. The molecule has 0 aromatic heterocycles. The van der Waals surface area contributed by atoms with Gasteiger partial charge in [-0.3, -0.25) is 9.69 Å². The van der Waals surface area contributed by atoms with Gasteiger partial charge in [0.15, 0.2) is 0 Å². The summed E-state index contributed by atoms with van der Waals surface area (Å²) in [6.45, 7) is 8.59. The van der Waals surface area contributed by atoms with Crippen LogP contribution in [0.3, 0.4) is 0 Å². The predicted octanol–water partition coefficient (Wildman–Crippen LogP) is 3.56. The van der Waals surface area contributed by atoms with E-state index < -0.39 is 0 Å². The van der Waals surface area contributed by atoms with Crippen LogP contribution in [-0.2, 0) is 11.3 Å². The highest BCUT2D eigenvalue weighted by Gasteiger charge is 2.37. The van der Waals surface area contributed by atoms with Crippen LogP contribution in [0.1, 0.15) is 32.8 Å². The van der Waals surface area contributed by atoms with Crippen LogP contribution in [0.5, 0.6) is 11.5 Å². The molecule has 0 radical (unpaired) electrons. The maximum Gasteiger partial charge on any atom is 0.237 e. The number of ether oxygens (including phenoxy) is 1. The van der Waals surface area contributed by atoms with Crippen LogP contribution in [0.25, 0.3) is 0 Å². The first-order valence-corrected chi connectivity index (χ1v) is 10.2. The summed E-state index contributed by atoms with van der Waals surface area (Å²) in [5.74, 6) is 1.81. The highest BCUT2D eigenvalue weighted by atomic mass is 16.5. The zero-order chi connectivity index (χ0) is 19.9. The van der Waals surface area contributed by atoms with E-state index in [-0.39, 0.29) is 11.9 Å². The number of likely N-dealkylation sites (tertiary alicyclic amines) is 1. The molecule has 2 N–H and O–H groups in total. The molecular formula is C23H31N3O2. The number of rotatable bonds is 8. The number of nitrogens with zero attached hydrogens (tertiary/aromatic N) is 1. The van der Waals surface area contributed by atoms with Gasteiger partial charge in [-0.15, -0.1) is 0 Å². The molecule has 0 spiro atoms. The van der Waals surface area contributed by atoms with Crippen LogP contribution < -0.4 is 15.4 Å². The van der Waals surface area contributed by atoms with Crippen molar-refractivity contribution in [3.8, 4) is 11.5 Å². The van der Waals surface area contributed by atoms with Gasteiger partial charge in [0.2, 0.25) is 5.91 Å². The molecule has 0 bridgehead atoms. The van der Waals surface area contributed by atoms with Gasteiger partial charge < -0.3 is 15.4 Å². The Morgan fingerprint density at radius 1 is 1.14 bits per heavy atom. The Morgan fingerprint density at radius 2 is 1.89 bits per heavy atom. The molecule has 2 aromatic carbocycles. The van der Waals surface area contributed by atoms with Crippen molar-refractivity contribution < 1.29 is 9.53 Å². The monoisotopic (exact) mass is 381 g/mol. The molecule has 1 aliphatic rings. The van der Waals surface area contributed by atoms with Crippen LogP contribution >= 0.6 is 0 Å². The molecule has 0 aliphatic carbocycles. The molecular weight excluding hydrogens is 350 g/mol. The molecule has 3 rings (SSSR count). The van der Waals surface area contributed by atoms with Gasteiger partial charge in [0.1, 0.15) is 11.5 Å². The summed E-state index contributed by atoms with van der Waals surface area (Å²) in [6, 6.07) is 18.6. The Labute approximate surface area is 168 Å². The first-order valence-electron chi connectivity index (χ1n) is 10.2.